The molecule has 1 rings (SSSR count). The minimum atomic E-state index is -1.28. The summed E-state index contributed by atoms with van der Waals surface area (Å²) >= 11 is 0. The number of nitrogens with one attached hydrogen (secondary N) is 2. The van der Waals surface area contributed by atoms with Gasteiger partial charge in [-0.25, -0.2) is 4.79 Å². The fourth-order valence-electron chi connectivity index (χ4n) is 3.70. The van der Waals surface area contributed by atoms with E-state index in [-0.39, 0.29) is 12.5 Å². The van der Waals surface area contributed by atoms with Gasteiger partial charge in [-0.3, -0.25) is 14.4 Å². The van der Waals surface area contributed by atoms with Crippen molar-refractivity contribution < 1.29 is 23.9 Å². The van der Waals surface area contributed by atoms with Crippen LogP contribution in [0.15, 0.2) is 24.3 Å². The van der Waals surface area contributed by atoms with Crippen molar-refractivity contribution in [2.75, 3.05) is 6.54 Å². The molecule has 4 N–H and O–H groups in total. The first kappa shape index (κ1) is 30.9. The lowest BCUT2D eigenvalue weighted by atomic mass is 9.98. The predicted molar refractivity (Wildman–Crippen MR) is 140 cm³/mol. The van der Waals surface area contributed by atoms with Crippen LogP contribution in [0.1, 0.15) is 91.3 Å². The molecule has 0 bridgehead atoms. The summed E-state index contributed by atoms with van der Waals surface area (Å²) in [5, 5.41) is 5.47. The molecule has 0 radical (unpaired) electrons. The lowest BCUT2D eigenvalue weighted by Gasteiger charge is -2.36. The normalized spacial score (nSPS) is 13.3. The van der Waals surface area contributed by atoms with Gasteiger partial charge in [-0.15, -0.1) is 0 Å². The van der Waals surface area contributed by atoms with Crippen LogP contribution >= 0.6 is 0 Å². The Morgan fingerprint density at radius 1 is 1.06 bits per heavy atom. The number of carbonyl (C=O) groups is 4. The van der Waals surface area contributed by atoms with Gasteiger partial charge in [0.2, 0.25) is 17.7 Å². The van der Waals surface area contributed by atoms with Crippen molar-refractivity contribution >= 4 is 23.8 Å². The second-order valence-corrected chi connectivity index (χ2v) is 11.2. The quantitative estimate of drug-likeness (QED) is 0.395. The van der Waals surface area contributed by atoms with E-state index in [0.29, 0.717) is 12.0 Å². The van der Waals surface area contributed by atoms with E-state index in [1.807, 2.05) is 52.8 Å². The first-order valence-electron chi connectivity index (χ1n) is 12.5. The number of primary amides is 1. The van der Waals surface area contributed by atoms with Crippen LogP contribution in [0.5, 0.6) is 0 Å². The summed E-state index contributed by atoms with van der Waals surface area (Å²) in [5.74, 6) is -1.69. The Bertz CT molecular complexity index is 917. The van der Waals surface area contributed by atoms with E-state index in [1.54, 1.807) is 26.8 Å². The van der Waals surface area contributed by atoms with Crippen LogP contribution in [0.25, 0.3) is 0 Å². The third kappa shape index (κ3) is 11.1. The third-order valence-corrected chi connectivity index (χ3v) is 5.10. The number of benzene rings is 1. The van der Waals surface area contributed by atoms with E-state index in [0.717, 1.165) is 18.4 Å². The van der Waals surface area contributed by atoms with Gasteiger partial charge in [-0.05, 0) is 60.5 Å². The molecule has 0 saturated carbocycles. The first-order chi connectivity index (χ1) is 16.5. The molecule has 2 atom stereocenters. The van der Waals surface area contributed by atoms with E-state index in [4.69, 9.17) is 10.5 Å². The molecule has 0 aliphatic rings. The lowest BCUT2D eigenvalue weighted by Crippen LogP contribution is -2.55. The van der Waals surface area contributed by atoms with Crippen LogP contribution in [0.3, 0.4) is 0 Å². The fraction of sp³-hybridized carbons (Fsp3) is 0.630. The third-order valence-electron chi connectivity index (χ3n) is 5.10. The predicted octanol–water partition coefficient (Wildman–Crippen LogP) is 3.74. The van der Waals surface area contributed by atoms with Crippen LogP contribution in [-0.4, -0.2) is 52.4 Å². The molecule has 202 valence electrons. The van der Waals surface area contributed by atoms with Crippen molar-refractivity contribution in [2.45, 2.75) is 104 Å². The Morgan fingerprint density at radius 2 is 1.69 bits per heavy atom. The van der Waals surface area contributed by atoms with Gasteiger partial charge in [-0.2, -0.15) is 0 Å². The van der Waals surface area contributed by atoms with E-state index in [9.17, 15) is 19.2 Å². The van der Waals surface area contributed by atoms with Gasteiger partial charge >= 0.3 is 6.09 Å². The standard InChI is InChI=1S/C27H44N4O5/c1-9-10-11-15-31(24(34)20(17-21(28)32)29-25(35)36-27(6,7)8)22(23(33)30-26(3,4)5)19-14-12-13-18(2)16-19/h12-14,16,20,22H,9-11,15,17H2,1-8H3,(H2,28,32)(H,29,35)(H,30,33). The van der Waals surface area contributed by atoms with E-state index in [2.05, 4.69) is 10.6 Å². The summed E-state index contributed by atoms with van der Waals surface area (Å²) in [4.78, 5) is 53.3. The van der Waals surface area contributed by atoms with Gasteiger partial charge < -0.3 is 26.0 Å². The molecule has 9 nitrogen and oxygen atoms in total. The number of aryl methyl sites for hydroxylation is 1. The Labute approximate surface area is 215 Å². The number of hydrogen-bond donors (Lipinski definition) is 3. The molecule has 0 saturated heterocycles. The van der Waals surface area contributed by atoms with Crippen molar-refractivity contribution in [1.82, 2.24) is 15.5 Å². The zero-order chi connectivity index (χ0) is 27.7. The van der Waals surface area contributed by atoms with Gasteiger partial charge in [0.1, 0.15) is 17.7 Å². The number of hydrogen-bond acceptors (Lipinski definition) is 5. The summed E-state index contributed by atoms with van der Waals surface area (Å²) < 4.78 is 5.30. The number of amides is 4. The smallest absolute Gasteiger partial charge is 0.408 e. The van der Waals surface area contributed by atoms with E-state index < -0.39 is 47.6 Å². The van der Waals surface area contributed by atoms with Gasteiger partial charge in [0.05, 0.1) is 6.42 Å². The average Bonchev–Trinajstić information content (AvgIpc) is 2.69. The van der Waals surface area contributed by atoms with Gasteiger partial charge in [0, 0.05) is 12.1 Å². The van der Waals surface area contributed by atoms with E-state index >= 15 is 0 Å². The van der Waals surface area contributed by atoms with Crippen molar-refractivity contribution in [3.63, 3.8) is 0 Å². The van der Waals surface area contributed by atoms with Gasteiger partial charge in [0.25, 0.3) is 0 Å². The molecular weight excluding hydrogens is 460 g/mol. The number of rotatable bonds is 11. The Hall–Kier alpha value is -3.10. The summed E-state index contributed by atoms with van der Waals surface area (Å²) in [7, 11) is 0. The summed E-state index contributed by atoms with van der Waals surface area (Å²) in [6.07, 6.45) is 1.12. The largest absolute Gasteiger partial charge is 0.444 e. The number of unbranched alkanes of at least 4 members (excludes halogenated alkanes) is 2. The number of carbonyl (C=O) groups excluding carboxylic acids is 4. The van der Waals surface area contributed by atoms with Gasteiger partial charge in [0.15, 0.2) is 0 Å². The lowest BCUT2D eigenvalue weighted by molar-refractivity contribution is -0.144. The SMILES string of the molecule is CCCCCN(C(=O)C(CC(N)=O)NC(=O)OC(C)(C)C)C(C(=O)NC(C)(C)C)c1cccc(C)c1. The Morgan fingerprint density at radius 3 is 2.19 bits per heavy atom. The van der Waals surface area contributed by atoms with Crippen molar-refractivity contribution in [3.8, 4) is 0 Å². The summed E-state index contributed by atoms with van der Waals surface area (Å²) in [6, 6.07) is 5.14. The molecule has 0 heterocycles. The fourth-order valence-corrected chi connectivity index (χ4v) is 3.70. The molecule has 2 unspecified atom stereocenters. The number of alkyl carbamates (subject to hydrolysis) is 1. The van der Waals surface area contributed by atoms with Crippen LogP contribution in [-0.2, 0) is 19.1 Å². The van der Waals surface area contributed by atoms with Crippen LogP contribution in [0.2, 0.25) is 0 Å². The second-order valence-electron chi connectivity index (χ2n) is 11.2. The highest BCUT2D eigenvalue weighted by atomic mass is 16.6. The van der Waals surface area contributed by atoms with Crippen LogP contribution in [0, 0.1) is 6.92 Å². The molecule has 1 aromatic carbocycles. The minimum Gasteiger partial charge on any atom is -0.444 e. The molecule has 9 heteroatoms. The molecular formula is C27H44N4O5. The maximum atomic E-state index is 13.9. The molecule has 0 fully saturated rings. The summed E-state index contributed by atoms with van der Waals surface area (Å²) in [5.41, 5.74) is 5.65. The Balaban J connectivity index is 3.52. The molecule has 0 aliphatic heterocycles. The molecule has 1 aromatic rings. The second kappa shape index (κ2) is 13.3. The van der Waals surface area contributed by atoms with Crippen LogP contribution < -0.4 is 16.4 Å². The maximum Gasteiger partial charge on any atom is 0.408 e. The number of ether oxygens (including phenoxy) is 1. The highest BCUT2D eigenvalue weighted by Gasteiger charge is 2.37. The zero-order valence-corrected chi connectivity index (χ0v) is 23.1. The first-order valence-corrected chi connectivity index (χ1v) is 12.5. The topological polar surface area (TPSA) is 131 Å². The van der Waals surface area contributed by atoms with Crippen LogP contribution in [0.4, 0.5) is 4.79 Å². The molecule has 4 amide bonds. The Kier molecular flexibility index (Phi) is 11.4. The zero-order valence-electron chi connectivity index (χ0n) is 23.1. The average molecular weight is 505 g/mol. The van der Waals surface area contributed by atoms with Crippen molar-refractivity contribution in [1.29, 1.82) is 0 Å². The van der Waals surface area contributed by atoms with Gasteiger partial charge in [-0.1, -0.05) is 49.6 Å². The molecule has 36 heavy (non-hydrogen) atoms. The monoisotopic (exact) mass is 504 g/mol. The number of nitrogens with two attached hydrogens (primary N) is 1. The summed E-state index contributed by atoms with van der Waals surface area (Å²) in [6.45, 7) is 14.9. The molecule has 0 spiro atoms. The molecule has 0 aliphatic carbocycles. The number of nitrogens with zero attached hydrogens (tertiary/aromatic N) is 1. The maximum absolute atomic E-state index is 13.9. The van der Waals surface area contributed by atoms with E-state index in [1.165, 1.54) is 4.90 Å². The highest BCUT2D eigenvalue weighted by molar-refractivity contribution is 5.94. The highest BCUT2D eigenvalue weighted by Crippen LogP contribution is 2.25. The minimum absolute atomic E-state index is 0.258. The van der Waals surface area contributed by atoms with Crippen molar-refractivity contribution in [2.24, 2.45) is 5.73 Å². The molecule has 0 aromatic heterocycles. The van der Waals surface area contributed by atoms with Crippen molar-refractivity contribution in [3.05, 3.63) is 35.4 Å².